The molecule has 1 heterocycles. The van der Waals surface area contributed by atoms with Crippen molar-refractivity contribution in [1.82, 2.24) is 0 Å². The molecule has 2 aromatic rings. The van der Waals surface area contributed by atoms with E-state index in [2.05, 4.69) is 0 Å². The van der Waals surface area contributed by atoms with Gasteiger partial charge in [-0.2, -0.15) is 0 Å². The molecule has 0 saturated heterocycles. The minimum absolute atomic E-state index is 0.00530. The first-order valence-corrected chi connectivity index (χ1v) is 7.12. The zero-order valence-electron chi connectivity index (χ0n) is 8.80. The minimum atomic E-state index is -0.00530. The van der Waals surface area contributed by atoms with Crippen molar-refractivity contribution >= 4 is 34.3 Å². The third-order valence-electron chi connectivity index (χ3n) is 2.75. The number of benzene rings is 2. The first-order valence-electron chi connectivity index (χ1n) is 5.15. The van der Waals surface area contributed by atoms with E-state index in [9.17, 15) is 15.3 Å². The lowest BCUT2D eigenvalue weighted by Gasteiger charge is -2.19. The van der Waals surface area contributed by atoms with Crippen LogP contribution >= 0.6 is 23.5 Å². The van der Waals surface area contributed by atoms with Crippen molar-refractivity contribution in [3.8, 4) is 17.2 Å². The lowest BCUT2D eigenvalue weighted by Crippen LogP contribution is -1.95. The van der Waals surface area contributed by atoms with Crippen LogP contribution in [0.2, 0.25) is 0 Å². The third kappa shape index (κ3) is 1.53. The van der Waals surface area contributed by atoms with Crippen molar-refractivity contribution < 1.29 is 15.3 Å². The van der Waals surface area contributed by atoms with Crippen LogP contribution in [0, 0.1) is 0 Å². The third-order valence-corrected chi connectivity index (χ3v) is 5.32. The average molecular weight is 266 g/mol. The number of rotatable bonds is 0. The molecule has 88 valence electrons. The summed E-state index contributed by atoms with van der Waals surface area (Å²) in [6, 6.07) is 4.86. The fourth-order valence-electron chi connectivity index (χ4n) is 1.99. The van der Waals surface area contributed by atoms with E-state index >= 15 is 0 Å². The van der Waals surface area contributed by atoms with Crippen LogP contribution in [0.4, 0.5) is 0 Å². The quantitative estimate of drug-likeness (QED) is 0.639. The lowest BCUT2D eigenvalue weighted by molar-refractivity contribution is 0.438. The first-order chi connectivity index (χ1) is 8.20. The largest absolute Gasteiger partial charge is 0.507 e. The van der Waals surface area contributed by atoms with Gasteiger partial charge >= 0.3 is 0 Å². The summed E-state index contributed by atoms with van der Waals surface area (Å²) in [4.78, 5) is 1.39. The van der Waals surface area contributed by atoms with Gasteiger partial charge in [-0.15, -0.1) is 23.5 Å². The molecule has 1 aliphatic heterocycles. The van der Waals surface area contributed by atoms with E-state index < -0.39 is 0 Å². The summed E-state index contributed by atoms with van der Waals surface area (Å²) in [7, 11) is 0. The fraction of sp³-hybridized carbons (Fsp3) is 0.167. The number of aromatic hydroxyl groups is 3. The van der Waals surface area contributed by atoms with Crippen molar-refractivity contribution in [3.05, 3.63) is 18.2 Å². The van der Waals surface area contributed by atoms with Gasteiger partial charge in [-0.3, -0.25) is 0 Å². The smallest absolute Gasteiger partial charge is 0.142 e. The zero-order valence-corrected chi connectivity index (χ0v) is 10.4. The standard InChI is InChI=1S/C12H10O3S2/c13-7-3-1-2-6-8(7)10(15)12-11(9(6)14)16-4-5-17-12/h1-3,13-15H,4-5H2. The topological polar surface area (TPSA) is 60.7 Å². The molecule has 0 saturated carbocycles. The summed E-state index contributed by atoms with van der Waals surface area (Å²) in [6.45, 7) is 0. The molecule has 0 fully saturated rings. The van der Waals surface area contributed by atoms with Gasteiger partial charge in [0.25, 0.3) is 0 Å². The Hall–Kier alpha value is -1.20. The van der Waals surface area contributed by atoms with Crippen LogP contribution in [-0.2, 0) is 0 Å². The van der Waals surface area contributed by atoms with Crippen LogP contribution in [0.3, 0.4) is 0 Å². The highest BCUT2D eigenvalue weighted by Gasteiger charge is 2.23. The summed E-state index contributed by atoms with van der Waals surface area (Å²) in [5.41, 5.74) is 0. The second-order valence-electron chi connectivity index (χ2n) is 3.75. The van der Waals surface area contributed by atoms with Gasteiger partial charge in [-0.05, 0) is 6.07 Å². The molecule has 3 rings (SSSR count). The molecular weight excluding hydrogens is 256 g/mol. The molecule has 0 radical (unpaired) electrons. The minimum Gasteiger partial charge on any atom is -0.507 e. The van der Waals surface area contributed by atoms with Crippen LogP contribution in [-0.4, -0.2) is 26.8 Å². The molecule has 2 aromatic carbocycles. The van der Waals surface area contributed by atoms with Gasteiger partial charge in [0.15, 0.2) is 0 Å². The molecular formula is C12H10O3S2. The average Bonchev–Trinajstić information content (AvgIpc) is 2.36. The lowest BCUT2D eigenvalue weighted by atomic mass is 10.1. The number of phenolic OH excluding ortho intramolecular Hbond substituents is 3. The summed E-state index contributed by atoms with van der Waals surface area (Å²) in [6.07, 6.45) is 0. The maximum Gasteiger partial charge on any atom is 0.142 e. The van der Waals surface area contributed by atoms with Crippen LogP contribution in [0.15, 0.2) is 28.0 Å². The summed E-state index contributed by atoms with van der Waals surface area (Å²) in [5, 5.41) is 31.0. The molecule has 0 spiro atoms. The van der Waals surface area contributed by atoms with Gasteiger partial charge in [0.05, 0.1) is 15.2 Å². The van der Waals surface area contributed by atoms with Crippen molar-refractivity contribution in [2.45, 2.75) is 9.79 Å². The number of hydrogen-bond acceptors (Lipinski definition) is 5. The maximum atomic E-state index is 10.2. The normalized spacial score (nSPS) is 14.8. The molecule has 0 aliphatic carbocycles. The van der Waals surface area contributed by atoms with Gasteiger partial charge in [0.1, 0.15) is 17.2 Å². The highest BCUT2D eigenvalue weighted by molar-refractivity contribution is 8.05. The van der Waals surface area contributed by atoms with Crippen molar-refractivity contribution in [3.63, 3.8) is 0 Å². The van der Waals surface area contributed by atoms with E-state index in [1.807, 2.05) is 0 Å². The number of thioether (sulfide) groups is 2. The van der Waals surface area contributed by atoms with Gasteiger partial charge in [0.2, 0.25) is 0 Å². The molecule has 0 unspecified atom stereocenters. The Labute approximate surface area is 106 Å². The van der Waals surface area contributed by atoms with Crippen molar-refractivity contribution in [2.24, 2.45) is 0 Å². The van der Waals surface area contributed by atoms with E-state index in [1.54, 1.807) is 12.1 Å². The van der Waals surface area contributed by atoms with E-state index in [-0.39, 0.29) is 17.2 Å². The molecule has 0 amide bonds. The molecule has 0 aromatic heterocycles. The molecule has 17 heavy (non-hydrogen) atoms. The van der Waals surface area contributed by atoms with Gasteiger partial charge in [-0.25, -0.2) is 0 Å². The number of phenols is 3. The van der Waals surface area contributed by atoms with Gasteiger partial charge in [0, 0.05) is 16.9 Å². The predicted molar refractivity (Wildman–Crippen MR) is 70.4 cm³/mol. The monoisotopic (exact) mass is 266 g/mol. The highest BCUT2D eigenvalue weighted by Crippen LogP contribution is 2.53. The van der Waals surface area contributed by atoms with Crippen molar-refractivity contribution in [1.29, 1.82) is 0 Å². The molecule has 3 nitrogen and oxygen atoms in total. The van der Waals surface area contributed by atoms with Crippen LogP contribution < -0.4 is 0 Å². The highest BCUT2D eigenvalue weighted by atomic mass is 32.2. The molecule has 3 N–H and O–H groups in total. The predicted octanol–water partition coefficient (Wildman–Crippen LogP) is 3.15. The van der Waals surface area contributed by atoms with Gasteiger partial charge in [-0.1, -0.05) is 12.1 Å². The Kier molecular flexibility index (Phi) is 2.52. The second kappa shape index (κ2) is 3.92. The molecule has 0 bridgehead atoms. The first kappa shape index (κ1) is 10.9. The Balaban J connectivity index is 2.48. The summed E-state index contributed by atoms with van der Waals surface area (Å²) >= 11 is 3.05. The second-order valence-corrected chi connectivity index (χ2v) is 5.96. The summed E-state index contributed by atoms with van der Waals surface area (Å²) < 4.78 is 0. The Morgan fingerprint density at radius 2 is 1.53 bits per heavy atom. The Morgan fingerprint density at radius 3 is 2.24 bits per heavy atom. The Bertz CT molecular complexity index is 610. The Morgan fingerprint density at radius 1 is 0.882 bits per heavy atom. The van der Waals surface area contributed by atoms with Gasteiger partial charge < -0.3 is 15.3 Å². The number of hydrogen-bond donors (Lipinski definition) is 3. The molecule has 1 aliphatic rings. The van der Waals surface area contributed by atoms with Crippen LogP contribution in [0.1, 0.15) is 0 Å². The van der Waals surface area contributed by atoms with E-state index in [1.165, 1.54) is 29.6 Å². The van der Waals surface area contributed by atoms with Crippen LogP contribution in [0.25, 0.3) is 10.8 Å². The fourth-order valence-corrected chi connectivity index (χ4v) is 4.36. The van der Waals surface area contributed by atoms with Crippen molar-refractivity contribution in [2.75, 3.05) is 11.5 Å². The van der Waals surface area contributed by atoms with E-state index in [0.29, 0.717) is 15.7 Å². The number of fused-ring (bicyclic) bond motifs is 2. The van der Waals surface area contributed by atoms with E-state index in [4.69, 9.17) is 0 Å². The van der Waals surface area contributed by atoms with E-state index in [0.717, 1.165) is 16.4 Å². The van der Waals surface area contributed by atoms with Crippen LogP contribution in [0.5, 0.6) is 17.2 Å². The zero-order chi connectivity index (χ0) is 12.0. The maximum absolute atomic E-state index is 10.2. The SMILES string of the molecule is Oc1c2c(c(O)c3c(O)cccc13)SCCS2. The molecule has 0 atom stereocenters. The summed E-state index contributed by atoms with van der Waals surface area (Å²) in [5.74, 6) is 2.02. The molecule has 5 heteroatoms.